The second-order valence-corrected chi connectivity index (χ2v) is 7.28. The van der Waals surface area contributed by atoms with Gasteiger partial charge in [-0.2, -0.15) is 0 Å². The molecule has 0 aliphatic heterocycles. The van der Waals surface area contributed by atoms with Gasteiger partial charge in [0.1, 0.15) is 0 Å². The molecule has 0 aliphatic rings. The number of thiophene rings is 1. The molecular formula is C11H9BrN2O4S2. The van der Waals surface area contributed by atoms with Crippen LogP contribution < -0.4 is 4.72 Å². The standard InChI is InChI=1S/C11H9BrN2O4S2/c12-8-3-4-19-9(8)6-14-20(17,18)10-2-1-7(5-13-10)11(15)16/h1-5,14H,6H2,(H,15,16). The second kappa shape index (κ2) is 6.00. The van der Waals surface area contributed by atoms with Crippen LogP contribution in [0.3, 0.4) is 0 Å². The van der Waals surface area contributed by atoms with E-state index < -0.39 is 16.0 Å². The van der Waals surface area contributed by atoms with Gasteiger partial charge in [0, 0.05) is 22.1 Å². The molecule has 0 unspecified atom stereocenters. The Morgan fingerprint density at radius 1 is 1.40 bits per heavy atom. The Morgan fingerprint density at radius 3 is 2.65 bits per heavy atom. The largest absolute Gasteiger partial charge is 0.478 e. The van der Waals surface area contributed by atoms with E-state index in [0.717, 1.165) is 21.6 Å². The summed E-state index contributed by atoms with van der Waals surface area (Å²) in [6, 6.07) is 4.19. The summed E-state index contributed by atoms with van der Waals surface area (Å²) in [4.78, 5) is 15.2. The average Bonchev–Trinajstić information content (AvgIpc) is 2.82. The van der Waals surface area contributed by atoms with E-state index in [9.17, 15) is 13.2 Å². The molecule has 0 radical (unpaired) electrons. The van der Waals surface area contributed by atoms with Crippen molar-refractivity contribution in [1.29, 1.82) is 0 Å². The van der Waals surface area contributed by atoms with E-state index in [4.69, 9.17) is 5.11 Å². The Hall–Kier alpha value is -1.29. The maximum atomic E-state index is 12.0. The molecule has 0 saturated carbocycles. The summed E-state index contributed by atoms with van der Waals surface area (Å²) in [5.74, 6) is -1.16. The molecule has 0 aromatic carbocycles. The minimum absolute atomic E-state index is 0.0649. The molecule has 0 bridgehead atoms. The molecule has 0 atom stereocenters. The zero-order valence-corrected chi connectivity index (χ0v) is 13.1. The van der Waals surface area contributed by atoms with Crippen LogP contribution >= 0.6 is 27.3 Å². The zero-order valence-electron chi connectivity index (χ0n) is 9.91. The van der Waals surface area contributed by atoms with E-state index in [0.29, 0.717) is 0 Å². The number of sulfonamides is 1. The van der Waals surface area contributed by atoms with Gasteiger partial charge in [-0.1, -0.05) is 0 Å². The van der Waals surface area contributed by atoms with Gasteiger partial charge >= 0.3 is 5.97 Å². The molecule has 0 spiro atoms. The van der Waals surface area contributed by atoms with Gasteiger partial charge in [0.15, 0.2) is 5.03 Å². The summed E-state index contributed by atoms with van der Waals surface area (Å²) in [6.07, 6.45) is 1.01. The van der Waals surface area contributed by atoms with Crippen LogP contribution in [-0.4, -0.2) is 24.5 Å². The number of nitrogens with one attached hydrogen (secondary N) is 1. The number of rotatable bonds is 5. The topological polar surface area (TPSA) is 96.4 Å². The van der Waals surface area contributed by atoms with Gasteiger partial charge in [-0.3, -0.25) is 0 Å². The van der Waals surface area contributed by atoms with Crippen LogP contribution in [0.15, 0.2) is 39.3 Å². The fraction of sp³-hybridized carbons (Fsp3) is 0.0909. The normalized spacial score (nSPS) is 11.4. The van der Waals surface area contributed by atoms with Crippen LogP contribution in [0.5, 0.6) is 0 Å². The van der Waals surface area contributed by atoms with Crippen LogP contribution in [0.2, 0.25) is 0 Å². The number of hydrogen-bond donors (Lipinski definition) is 2. The Bertz CT molecular complexity index is 725. The summed E-state index contributed by atoms with van der Waals surface area (Å²) >= 11 is 4.73. The van der Waals surface area contributed by atoms with Gasteiger partial charge < -0.3 is 5.11 Å². The number of hydrogen-bond acceptors (Lipinski definition) is 5. The minimum atomic E-state index is -3.76. The third-order valence-electron chi connectivity index (χ3n) is 2.37. The lowest BCUT2D eigenvalue weighted by molar-refractivity contribution is 0.0696. The van der Waals surface area contributed by atoms with Crippen molar-refractivity contribution in [2.24, 2.45) is 0 Å². The van der Waals surface area contributed by atoms with Crippen LogP contribution in [-0.2, 0) is 16.6 Å². The van der Waals surface area contributed by atoms with Gasteiger partial charge in [-0.15, -0.1) is 11.3 Å². The summed E-state index contributed by atoms with van der Waals surface area (Å²) in [7, 11) is -3.76. The maximum Gasteiger partial charge on any atom is 0.337 e. The maximum absolute atomic E-state index is 12.0. The molecule has 0 aliphatic carbocycles. The number of aromatic carboxylic acids is 1. The number of carboxylic acid groups (broad SMARTS) is 1. The molecule has 106 valence electrons. The van der Waals surface area contributed by atoms with E-state index in [1.165, 1.54) is 17.4 Å². The molecule has 2 N–H and O–H groups in total. The molecule has 0 amide bonds. The highest BCUT2D eigenvalue weighted by atomic mass is 79.9. The third kappa shape index (κ3) is 3.42. The summed E-state index contributed by atoms with van der Waals surface area (Å²) < 4.78 is 27.2. The first-order valence-corrected chi connectivity index (χ1v) is 8.46. The SMILES string of the molecule is O=C(O)c1ccc(S(=O)(=O)NCc2sccc2Br)nc1. The van der Waals surface area contributed by atoms with Gasteiger partial charge in [-0.05, 0) is 39.5 Å². The molecule has 20 heavy (non-hydrogen) atoms. The van der Waals surface area contributed by atoms with Crippen molar-refractivity contribution in [2.75, 3.05) is 0 Å². The second-order valence-electron chi connectivity index (χ2n) is 3.71. The number of nitrogens with zero attached hydrogens (tertiary/aromatic N) is 1. The zero-order chi connectivity index (χ0) is 14.8. The molecule has 2 aromatic rings. The first-order chi connectivity index (χ1) is 9.40. The van der Waals surface area contributed by atoms with E-state index in [1.807, 2.05) is 11.4 Å². The number of halogens is 1. The Labute approximate surface area is 127 Å². The van der Waals surface area contributed by atoms with Crippen molar-refractivity contribution in [3.8, 4) is 0 Å². The van der Waals surface area contributed by atoms with Gasteiger partial charge in [0.25, 0.3) is 10.0 Å². The van der Waals surface area contributed by atoms with Crippen molar-refractivity contribution in [3.63, 3.8) is 0 Å². The predicted octanol–water partition coefficient (Wildman–Crippen LogP) is 2.08. The molecule has 0 fully saturated rings. The van der Waals surface area contributed by atoms with Crippen molar-refractivity contribution in [1.82, 2.24) is 9.71 Å². The quantitative estimate of drug-likeness (QED) is 0.832. The van der Waals surface area contributed by atoms with Gasteiger partial charge in [-0.25, -0.2) is 22.9 Å². The highest BCUT2D eigenvalue weighted by molar-refractivity contribution is 9.10. The van der Waals surface area contributed by atoms with Crippen LogP contribution in [0.4, 0.5) is 0 Å². The Balaban J connectivity index is 2.14. The van der Waals surface area contributed by atoms with E-state index in [-0.39, 0.29) is 17.1 Å². The van der Waals surface area contributed by atoms with Crippen molar-refractivity contribution < 1.29 is 18.3 Å². The van der Waals surface area contributed by atoms with Gasteiger partial charge in [0.2, 0.25) is 0 Å². The number of pyridine rings is 1. The fourth-order valence-corrected chi connectivity index (χ4v) is 3.80. The minimum Gasteiger partial charge on any atom is -0.478 e. The number of carboxylic acids is 1. The summed E-state index contributed by atoms with van der Waals surface area (Å²) in [5.41, 5.74) is -0.0649. The monoisotopic (exact) mass is 376 g/mol. The molecule has 2 rings (SSSR count). The Morgan fingerprint density at radius 2 is 2.15 bits per heavy atom. The number of aromatic nitrogens is 1. The van der Waals surface area contributed by atoms with Crippen LogP contribution in [0.25, 0.3) is 0 Å². The number of carbonyl (C=O) groups is 1. The van der Waals surface area contributed by atoms with E-state index >= 15 is 0 Å². The van der Waals surface area contributed by atoms with Crippen LogP contribution in [0.1, 0.15) is 15.2 Å². The van der Waals surface area contributed by atoms with E-state index in [1.54, 1.807) is 0 Å². The molecule has 0 saturated heterocycles. The van der Waals surface area contributed by atoms with E-state index in [2.05, 4.69) is 25.6 Å². The Kier molecular flexibility index (Phi) is 4.53. The fourth-order valence-electron chi connectivity index (χ4n) is 1.35. The lowest BCUT2D eigenvalue weighted by Crippen LogP contribution is -2.24. The first-order valence-electron chi connectivity index (χ1n) is 5.31. The van der Waals surface area contributed by atoms with Crippen molar-refractivity contribution in [2.45, 2.75) is 11.6 Å². The van der Waals surface area contributed by atoms with Crippen molar-refractivity contribution in [3.05, 3.63) is 44.7 Å². The first kappa shape index (κ1) is 15.1. The van der Waals surface area contributed by atoms with Crippen molar-refractivity contribution >= 4 is 43.3 Å². The van der Waals surface area contributed by atoms with Gasteiger partial charge in [0.05, 0.1) is 5.56 Å². The molecular weight excluding hydrogens is 368 g/mol. The summed E-state index contributed by atoms with van der Waals surface area (Å²) in [5, 5.41) is 10.4. The van der Waals surface area contributed by atoms with Crippen LogP contribution in [0, 0.1) is 0 Å². The molecule has 2 heterocycles. The molecule has 6 nitrogen and oxygen atoms in total. The highest BCUT2D eigenvalue weighted by Gasteiger charge is 2.17. The highest BCUT2D eigenvalue weighted by Crippen LogP contribution is 2.22. The lowest BCUT2D eigenvalue weighted by Gasteiger charge is -2.05. The third-order valence-corrected chi connectivity index (χ3v) is 5.62. The summed E-state index contributed by atoms with van der Waals surface area (Å²) in [6.45, 7) is 0.142. The predicted molar refractivity (Wildman–Crippen MR) is 77.2 cm³/mol. The lowest BCUT2D eigenvalue weighted by atomic mass is 10.3. The smallest absolute Gasteiger partial charge is 0.337 e. The average molecular weight is 377 g/mol. The molecule has 9 heteroatoms. The molecule has 2 aromatic heterocycles.